The number of fused-ring (bicyclic) bond motifs is 2. The SMILES string of the molecule is C=CC(=O)N1CCN(c2nc(O[C@@H]3CCC[C@@H]3N(C)C)nc3c2CCN(c2cccc4cccc(C)c24)C3)CC1CC#N. The van der Waals surface area contributed by atoms with E-state index < -0.39 is 0 Å². The van der Waals surface area contributed by atoms with Gasteiger partial charge in [-0.2, -0.15) is 15.2 Å². The average molecular weight is 580 g/mol. The highest BCUT2D eigenvalue weighted by Crippen LogP contribution is 2.36. The van der Waals surface area contributed by atoms with Crippen LogP contribution in [0.1, 0.15) is 42.5 Å². The molecule has 1 saturated heterocycles. The minimum Gasteiger partial charge on any atom is -0.458 e. The lowest BCUT2D eigenvalue weighted by Gasteiger charge is -2.42. The molecule has 2 fully saturated rings. The average Bonchev–Trinajstić information content (AvgIpc) is 3.48. The summed E-state index contributed by atoms with van der Waals surface area (Å²) in [4.78, 5) is 31.4. The smallest absolute Gasteiger partial charge is 0.319 e. The molecule has 3 heterocycles. The van der Waals surface area contributed by atoms with Crippen molar-refractivity contribution in [3.05, 3.63) is 65.9 Å². The summed E-state index contributed by atoms with van der Waals surface area (Å²) >= 11 is 0. The Labute approximate surface area is 254 Å². The molecule has 9 heteroatoms. The van der Waals surface area contributed by atoms with Crippen molar-refractivity contribution in [2.24, 2.45) is 0 Å². The fourth-order valence-electron chi connectivity index (χ4n) is 7.18. The molecule has 1 amide bonds. The van der Waals surface area contributed by atoms with Gasteiger partial charge in [-0.05, 0) is 69.8 Å². The second kappa shape index (κ2) is 12.2. The first-order chi connectivity index (χ1) is 20.9. The molecule has 2 aliphatic heterocycles. The van der Waals surface area contributed by atoms with Crippen LogP contribution in [0.15, 0.2) is 49.1 Å². The Morgan fingerprint density at radius 3 is 2.72 bits per heavy atom. The Bertz CT molecular complexity index is 1560. The van der Waals surface area contributed by atoms with Gasteiger partial charge in [0.2, 0.25) is 5.91 Å². The topological polar surface area (TPSA) is 88.8 Å². The third-order valence-electron chi connectivity index (χ3n) is 9.36. The molecule has 1 aliphatic carbocycles. The van der Waals surface area contributed by atoms with Crippen molar-refractivity contribution in [3.8, 4) is 12.1 Å². The summed E-state index contributed by atoms with van der Waals surface area (Å²) < 4.78 is 6.59. The van der Waals surface area contributed by atoms with Crippen LogP contribution in [-0.4, -0.2) is 84.1 Å². The molecule has 0 spiro atoms. The standard InChI is InChI=1S/C34H41N7O2/c1-5-31(42)41-20-19-40(21-25(41)15-17-35)33-26-16-18-39(29-13-7-11-24-10-6-9-23(2)32(24)29)22-27(26)36-34(37-33)43-30-14-8-12-28(30)38(3)4/h5-7,9-11,13,25,28,30H,1,8,12,14-16,18-22H2,2-4H3/t25?,28-,30+/m0/s1. The molecule has 1 saturated carbocycles. The number of benzene rings is 2. The molecule has 3 atom stereocenters. The summed E-state index contributed by atoms with van der Waals surface area (Å²) in [6.45, 7) is 9.02. The first kappa shape index (κ1) is 28.9. The van der Waals surface area contributed by atoms with E-state index in [1.54, 1.807) is 4.90 Å². The van der Waals surface area contributed by atoms with Crippen LogP contribution in [0.5, 0.6) is 6.01 Å². The molecular formula is C34H41N7O2. The van der Waals surface area contributed by atoms with Crippen molar-refractivity contribution in [2.45, 2.75) is 63.8 Å². The van der Waals surface area contributed by atoms with E-state index in [-0.39, 0.29) is 24.5 Å². The molecule has 3 aliphatic rings. The molecule has 2 aromatic carbocycles. The predicted octanol–water partition coefficient (Wildman–Crippen LogP) is 4.48. The number of likely N-dealkylation sites (N-methyl/N-ethyl adjacent to an activating group) is 1. The molecule has 3 aromatic rings. The first-order valence-electron chi connectivity index (χ1n) is 15.4. The van der Waals surface area contributed by atoms with Gasteiger partial charge in [-0.1, -0.05) is 36.9 Å². The van der Waals surface area contributed by atoms with Crippen LogP contribution in [0, 0.1) is 18.3 Å². The number of rotatable bonds is 7. The number of hydrogen-bond acceptors (Lipinski definition) is 8. The van der Waals surface area contributed by atoms with E-state index in [1.165, 1.54) is 28.1 Å². The maximum atomic E-state index is 12.6. The zero-order valence-electron chi connectivity index (χ0n) is 25.5. The van der Waals surface area contributed by atoms with Crippen LogP contribution in [0.25, 0.3) is 10.8 Å². The van der Waals surface area contributed by atoms with Crippen molar-refractivity contribution in [1.82, 2.24) is 19.8 Å². The molecular weight excluding hydrogens is 538 g/mol. The molecule has 224 valence electrons. The zero-order valence-corrected chi connectivity index (χ0v) is 25.5. The predicted molar refractivity (Wildman–Crippen MR) is 169 cm³/mol. The zero-order chi connectivity index (χ0) is 30.1. The van der Waals surface area contributed by atoms with Gasteiger partial charge in [0.25, 0.3) is 0 Å². The number of amides is 1. The lowest BCUT2D eigenvalue weighted by atomic mass is 9.99. The number of ether oxygens (including phenoxy) is 1. The van der Waals surface area contributed by atoms with Crippen molar-refractivity contribution >= 4 is 28.2 Å². The number of nitriles is 1. The number of anilines is 2. The van der Waals surface area contributed by atoms with Gasteiger partial charge in [0.1, 0.15) is 11.9 Å². The van der Waals surface area contributed by atoms with Crippen LogP contribution in [0.2, 0.25) is 0 Å². The number of carbonyl (C=O) groups is 1. The number of aryl methyl sites for hydroxylation is 1. The normalized spacial score (nSPS) is 22.0. The van der Waals surface area contributed by atoms with Gasteiger partial charge in [-0.25, -0.2) is 0 Å². The highest BCUT2D eigenvalue weighted by molar-refractivity contribution is 5.97. The van der Waals surface area contributed by atoms with Crippen LogP contribution >= 0.6 is 0 Å². The van der Waals surface area contributed by atoms with Crippen molar-refractivity contribution in [2.75, 3.05) is 50.1 Å². The molecule has 0 radical (unpaired) electrons. The van der Waals surface area contributed by atoms with E-state index in [4.69, 9.17) is 14.7 Å². The monoisotopic (exact) mass is 579 g/mol. The highest BCUT2D eigenvalue weighted by atomic mass is 16.5. The summed E-state index contributed by atoms with van der Waals surface area (Å²) in [7, 11) is 4.21. The lowest BCUT2D eigenvalue weighted by molar-refractivity contribution is -0.128. The molecule has 0 bridgehead atoms. The molecule has 6 rings (SSSR count). The molecule has 0 N–H and O–H groups in total. The second-order valence-corrected chi connectivity index (χ2v) is 12.2. The highest BCUT2D eigenvalue weighted by Gasteiger charge is 2.35. The van der Waals surface area contributed by atoms with Gasteiger partial charge < -0.3 is 24.3 Å². The van der Waals surface area contributed by atoms with Gasteiger partial charge in [-0.15, -0.1) is 0 Å². The Balaban J connectivity index is 1.37. The van der Waals surface area contributed by atoms with Gasteiger partial charge in [0, 0.05) is 48.9 Å². The van der Waals surface area contributed by atoms with E-state index in [2.05, 4.69) is 84.8 Å². The Morgan fingerprint density at radius 1 is 1.14 bits per heavy atom. The molecule has 1 aromatic heterocycles. The van der Waals surface area contributed by atoms with E-state index >= 15 is 0 Å². The number of nitrogens with zero attached hydrogens (tertiary/aromatic N) is 7. The third kappa shape index (κ3) is 5.64. The summed E-state index contributed by atoms with van der Waals surface area (Å²) in [6, 6.07) is 15.8. The third-order valence-corrected chi connectivity index (χ3v) is 9.36. The number of carbonyl (C=O) groups excluding carboxylic acids is 1. The van der Waals surface area contributed by atoms with Crippen molar-refractivity contribution in [3.63, 3.8) is 0 Å². The Hall–Kier alpha value is -4.16. The number of hydrogen-bond donors (Lipinski definition) is 0. The van der Waals surface area contributed by atoms with Crippen LogP contribution in [-0.2, 0) is 17.8 Å². The van der Waals surface area contributed by atoms with Gasteiger partial charge in [0.05, 0.1) is 30.8 Å². The van der Waals surface area contributed by atoms with Crippen molar-refractivity contribution in [1.29, 1.82) is 5.26 Å². The van der Waals surface area contributed by atoms with Crippen LogP contribution < -0.4 is 14.5 Å². The maximum absolute atomic E-state index is 12.6. The van der Waals surface area contributed by atoms with Gasteiger partial charge in [0.15, 0.2) is 0 Å². The lowest BCUT2D eigenvalue weighted by Crippen LogP contribution is -2.55. The van der Waals surface area contributed by atoms with Gasteiger partial charge >= 0.3 is 6.01 Å². The molecule has 43 heavy (non-hydrogen) atoms. The minimum absolute atomic E-state index is 0.0368. The number of aromatic nitrogens is 2. The second-order valence-electron chi connectivity index (χ2n) is 12.2. The van der Waals surface area contributed by atoms with E-state index in [0.717, 1.165) is 49.3 Å². The van der Waals surface area contributed by atoms with E-state index in [9.17, 15) is 10.1 Å². The molecule has 1 unspecified atom stereocenters. The van der Waals surface area contributed by atoms with E-state index in [0.29, 0.717) is 38.2 Å². The number of piperazine rings is 1. The Kier molecular flexibility index (Phi) is 8.22. The first-order valence-corrected chi connectivity index (χ1v) is 15.4. The largest absolute Gasteiger partial charge is 0.458 e. The van der Waals surface area contributed by atoms with Gasteiger partial charge in [-0.3, -0.25) is 4.79 Å². The fraction of sp³-hybridized carbons (Fsp3) is 0.471. The Morgan fingerprint density at radius 2 is 1.95 bits per heavy atom. The van der Waals surface area contributed by atoms with Crippen LogP contribution in [0.4, 0.5) is 11.5 Å². The summed E-state index contributed by atoms with van der Waals surface area (Å²) in [5.74, 6) is 0.743. The summed E-state index contributed by atoms with van der Waals surface area (Å²) in [5.41, 5.74) is 4.60. The summed E-state index contributed by atoms with van der Waals surface area (Å²) in [6.07, 6.45) is 5.62. The maximum Gasteiger partial charge on any atom is 0.319 e. The van der Waals surface area contributed by atoms with E-state index in [1.807, 2.05) is 0 Å². The summed E-state index contributed by atoms with van der Waals surface area (Å²) in [5, 5.41) is 12.1. The van der Waals surface area contributed by atoms with Crippen LogP contribution in [0.3, 0.4) is 0 Å². The fourth-order valence-corrected chi connectivity index (χ4v) is 7.18. The van der Waals surface area contributed by atoms with Crippen molar-refractivity contribution < 1.29 is 9.53 Å². The quantitative estimate of drug-likeness (QED) is 0.379. The minimum atomic E-state index is -0.231. The molecule has 9 nitrogen and oxygen atoms in total.